The Morgan fingerprint density at radius 2 is 1.17 bits per heavy atom. The van der Waals surface area contributed by atoms with Crippen molar-refractivity contribution >= 4 is 66.0 Å². The van der Waals surface area contributed by atoms with E-state index in [1.807, 2.05) is 30.5 Å². The molecule has 0 bridgehead atoms. The van der Waals surface area contributed by atoms with Gasteiger partial charge in [-0.1, -0.05) is 84.9 Å². The van der Waals surface area contributed by atoms with Crippen molar-refractivity contribution in [2.75, 3.05) is 0 Å². The van der Waals surface area contributed by atoms with Crippen molar-refractivity contribution in [2.24, 2.45) is 0 Å². The zero-order chi connectivity index (χ0) is 31.3. The highest BCUT2D eigenvalue weighted by Gasteiger charge is 2.14. The van der Waals surface area contributed by atoms with Crippen molar-refractivity contribution in [3.05, 3.63) is 130 Å². The number of unbranched alkanes of at least 4 members (excludes halogenated alkanes) is 2. The number of hydrogen-bond acceptors (Lipinski definition) is 6. The molecule has 0 amide bonds. The van der Waals surface area contributed by atoms with Crippen LogP contribution in [0.1, 0.15) is 69.3 Å². The molecule has 0 spiro atoms. The molecule has 0 fully saturated rings. The number of hydrogen-bond donors (Lipinski definition) is 0. The lowest BCUT2D eigenvalue weighted by Crippen LogP contribution is -1.98. The van der Waals surface area contributed by atoms with Crippen molar-refractivity contribution in [1.29, 1.82) is 0 Å². The first-order chi connectivity index (χ1) is 22.6. The van der Waals surface area contributed by atoms with Gasteiger partial charge in [-0.05, 0) is 95.0 Å². The fraction of sp³-hybridized carbons (Fsp3) is 0.200. The van der Waals surface area contributed by atoms with Crippen LogP contribution in [0.4, 0.5) is 0 Å². The van der Waals surface area contributed by atoms with Gasteiger partial charge in [0.2, 0.25) is 0 Å². The number of rotatable bonds is 13. The summed E-state index contributed by atoms with van der Waals surface area (Å²) in [5, 5.41) is 6.10. The Bertz CT molecular complexity index is 2140. The number of fused-ring (bicyclic) bond motifs is 3. The molecule has 5 aromatic carbocycles. The summed E-state index contributed by atoms with van der Waals surface area (Å²) in [5.74, 6) is 0.263. The zero-order valence-corrected chi connectivity index (χ0v) is 27.2. The lowest BCUT2D eigenvalue weighted by molar-refractivity contribution is 0.0971. The average molecular weight is 639 g/mol. The Kier molecular flexibility index (Phi) is 9.08. The molecule has 0 unspecified atom stereocenters. The molecule has 0 aliphatic rings. The van der Waals surface area contributed by atoms with Crippen molar-refractivity contribution < 1.29 is 9.59 Å². The maximum absolute atomic E-state index is 12.9. The van der Waals surface area contributed by atoms with Gasteiger partial charge in [0.1, 0.15) is 0 Å². The topological polar surface area (TPSA) is 59.9 Å². The Morgan fingerprint density at radius 3 is 1.93 bits per heavy atom. The standard InChI is InChI=1S/C40H34N2O2S2/c43-35(14-6-1-9-27-17-19-29-11-3-4-12-30(29)23-27)39-41-26-38(46-39)33-22-21-31-24-28(18-20-32(31)25-33)10-2-7-15-36(44)40-42-34-13-5-8-16-37(34)45-40/h3-5,8,11-13,16-26H,1-2,6-7,9-10,14-15H2. The maximum Gasteiger partial charge on any atom is 0.191 e. The second-order valence-electron chi connectivity index (χ2n) is 11.9. The lowest BCUT2D eigenvalue weighted by Gasteiger charge is -2.06. The van der Waals surface area contributed by atoms with E-state index in [-0.39, 0.29) is 11.6 Å². The molecule has 0 aliphatic carbocycles. The number of Topliss-reactive ketones (excluding diaryl/α,β-unsaturated/α-hetero) is 2. The minimum absolute atomic E-state index is 0.127. The zero-order valence-electron chi connectivity index (χ0n) is 25.6. The second kappa shape index (κ2) is 13.9. The minimum Gasteiger partial charge on any atom is -0.292 e. The fourth-order valence-corrected chi connectivity index (χ4v) is 7.78. The van der Waals surface area contributed by atoms with Crippen LogP contribution in [0.15, 0.2) is 109 Å². The molecule has 7 rings (SSSR count). The van der Waals surface area contributed by atoms with Crippen molar-refractivity contribution in [2.45, 2.75) is 51.4 Å². The molecule has 0 saturated carbocycles. The third-order valence-corrected chi connectivity index (χ3v) is 10.7. The van der Waals surface area contributed by atoms with Crippen LogP contribution in [0, 0.1) is 0 Å². The molecular weight excluding hydrogens is 605 g/mol. The highest BCUT2D eigenvalue weighted by atomic mass is 32.1. The summed E-state index contributed by atoms with van der Waals surface area (Å²) in [5.41, 5.74) is 4.58. The summed E-state index contributed by atoms with van der Waals surface area (Å²) >= 11 is 2.97. The number of carbonyl (C=O) groups is 2. The first-order valence-corrected chi connectivity index (χ1v) is 17.6. The molecule has 6 heteroatoms. The van der Waals surface area contributed by atoms with Crippen LogP contribution in [0.2, 0.25) is 0 Å². The monoisotopic (exact) mass is 638 g/mol. The van der Waals surface area contributed by atoms with E-state index in [1.54, 1.807) is 0 Å². The van der Waals surface area contributed by atoms with Gasteiger partial charge in [-0.15, -0.1) is 22.7 Å². The van der Waals surface area contributed by atoms with E-state index in [1.165, 1.54) is 55.3 Å². The molecule has 4 nitrogen and oxygen atoms in total. The third kappa shape index (κ3) is 6.99. The Balaban J connectivity index is 0.891. The van der Waals surface area contributed by atoms with Gasteiger partial charge in [0, 0.05) is 19.0 Å². The second-order valence-corrected chi connectivity index (χ2v) is 13.9. The predicted octanol–water partition coefficient (Wildman–Crippen LogP) is 10.9. The van der Waals surface area contributed by atoms with Crippen molar-refractivity contribution in [3.8, 4) is 10.4 Å². The normalized spacial score (nSPS) is 11.5. The number of benzene rings is 5. The van der Waals surface area contributed by atoms with Crippen LogP contribution in [-0.2, 0) is 12.8 Å². The van der Waals surface area contributed by atoms with Crippen LogP contribution in [-0.4, -0.2) is 21.5 Å². The molecule has 2 aromatic heterocycles. The van der Waals surface area contributed by atoms with Crippen LogP contribution >= 0.6 is 22.7 Å². The quantitative estimate of drug-likeness (QED) is 0.0931. The van der Waals surface area contributed by atoms with E-state index < -0.39 is 0 Å². The van der Waals surface area contributed by atoms with Crippen LogP contribution in [0.25, 0.3) is 42.2 Å². The maximum atomic E-state index is 12.9. The van der Waals surface area contributed by atoms with Crippen LogP contribution < -0.4 is 0 Å². The van der Waals surface area contributed by atoms with Crippen molar-refractivity contribution in [3.63, 3.8) is 0 Å². The van der Waals surface area contributed by atoms with Gasteiger partial charge in [0.25, 0.3) is 0 Å². The van der Waals surface area contributed by atoms with Gasteiger partial charge >= 0.3 is 0 Å². The molecule has 46 heavy (non-hydrogen) atoms. The molecule has 0 aliphatic heterocycles. The van der Waals surface area contributed by atoms with Gasteiger partial charge in [-0.25, -0.2) is 9.97 Å². The molecule has 228 valence electrons. The first-order valence-electron chi connectivity index (χ1n) is 16.0. The number of para-hydroxylation sites is 1. The van der Waals surface area contributed by atoms with E-state index in [4.69, 9.17) is 0 Å². The number of thiazole rings is 2. The van der Waals surface area contributed by atoms with E-state index in [2.05, 4.69) is 88.8 Å². The smallest absolute Gasteiger partial charge is 0.191 e. The highest BCUT2D eigenvalue weighted by Crippen LogP contribution is 2.31. The molecule has 0 N–H and O–H groups in total. The Hall–Kier alpha value is -4.52. The number of ketones is 2. The number of carbonyl (C=O) groups excluding carboxylic acids is 2. The SMILES string of the molecule is O=C(CCCCc1ccc2ccccc2c1)c1ncc(-c2ccc3cc(CCCCC(=O)c4nc5ccccc5s4)ccc3c2)s1. The highest BCUT2D eigenvalue weighted by molar-refractivity contribution is 7.20. The van der Waals surface area contributed by atoms with Gasteiger partial charge < -0.3 is 0 Å². The summed E-state index contributed by atoms with van der Waals surface area (Å²) in [7, 11) is 0. The Morgan fingerprint density at radius 1 is 0.565 bits per heavy atom. The van der Waals surface area contributed by atoms with Gasteiger partial charge in [0.05, 0.1) is 15.1 Å². The van der Waals surface area contributed by atoms with E-state index >= 15 is 0 Å². The molecule has 2 heterocycles. The number of aryl methyl sites for hydroxylation is 2. The predicted molar refractivity (Wildman–Crippen MR) is 192 cm³/mol. The molecule has 0 saturated heterocycles. The lowest BCUT2D eigenvalue weighted by atomic mass is 10.0. The first kappa shape index (κ1) is 30.2. The van der Waals surface area contributed by atoms with Gasteiger partial charge in [-0.2, -0.15) is 0 Å². The fourth-order valence-electron chi connectivity index (χ4n) is 5.97. The van der Waals surface area contributed by atoms with Crippen LogP contribution in [0.5, 0.6) is 0 Å². The van der Waals surface area contributed by atoms with Gasteiger partial charge in [0.15, 0.2) is 21.6 Å². The van der Waals surface area contributed by atoms with Gasteiger partial charge in [-0.3, -0.25) is 9.59 Å². The summed E-state index contributed by atoms with van der Waals surface area (Å²) in [6.45, 7) is 0. The van der Waals surface area contributed by atoms with E-state index in [9.17, 15) is 9.59 Å². The molecule has 0 radical (unpaired) electrons. The largest absolute Gasteiger partial charge is 0.292 e. The molecule has 0 atom stereocenters. The molecule has 7 aromatic rings. The summed E-state index contributed by atoms with van der Waals surface area (Å²) in [4.78, 5) is 35.6. The average Bonchev–Trinajstić information content (AvgIpc) is 3.77. The van der Waals surface area contributed by atoms with Crippen LogP contribution in [0.3, 0.4) is 0 Å². The minimum atomic E-state index is 0.127. The molecular formula is C40H34N2O2S2. The van der Waals surface area contributed by atoms with E-state index in [0.717, 1.165) is 59.2 Å². The summed E-state index contributed by atoms with van der Waals surface area (Å²) in [6, 6.07) is 36.0. The van der Waals surface area contributed by atoms with Crippen molar-refractivity contribution in [1.82, 2.24) is 9.97 Å². The summed E-state index contributed by atoms with van der Waals surface area (Å²) in [6.07, 6.45) is 8.45. The van der Waals surface area contributed by atoms with E-state index in [0.29, 0.717) is 22.9 Å². The number of nitrogens with zero attached hydrogens (tertiary/aromatic N) is 2. The Labute approximate surface area is 276 Å². The summed E-state index contributed by atoms with van der Waals surface area (Å²) < 4.78 is 1.06. The number of aromatic nitrogens is 2. The third-order valence-electron chi connectivity index (χ3n) is 8.52.